The number of aromatic nitrogens is 4. The van der Waals surface area contributed by atoms with E-state index in [2.05, 4.69) is 9.97 Å². The van der Waals surface area contributed by atoms with Gasteiger partial charge in [0.15, 0.2) is 5.82 Å². The van der Waals surface area contributed by atoms with Crippen LogP contribution in [0.2, 0.25) is 0 Å². The molecule has 6 rings (SSSR count). The first-order chi connectivity index (χ1) is 15.7. The standard InChI is InChI=1S/C25H27N5O2/c31-23(24(7-8-24)17-29-14-11-26-18-29)30-12-9-25(10-13-30)21-20(6-15-32-25)16-27-22(28-21)19-4-2-1-3-5-19/h1-5,11,14,16,18H,6-10,12-13,15,17H2. The molecule has 3 aromatic rings. The molecule has 1 amide bonds. The molecule has 3 aliphatic rings. The number of benzene rings is 1. The van der Waals surface area contributed by atoms with Crippen molar-refractivity contribution >= 4 is 5.91 Å². The fraction of sp³-hybridized carbons (Fsp3) is 0.440. The minimum absolute atomic E-state index is 0.251. The second-order valence-electron chi connectivity index (χ2n) is 9.33. The maximum atomic E-state index is 13.4. The van der Waals surface area contributed by atoms with Gasteiger partial charge in [0.05, 0.1) is 24.0 Å². The van der Waals surface area contributed by atoms with Crippen LogP contribution in [-0.2, 0) is 28.1 Å². The molecule has 1 saturated carbocycles. The van der Waals surface area contributed by atoms with E-state index >= 15 is 0 Å². The predicted molar refractivity (Wildman–Crippen MR) is 119 cm³/mol. The van der Waals surface area contributed by atoms with Crippen LogP contribution in [0.25, 0.3) is 11.4 Å². The predicted octanol–water partition coefficient (Wildman–Crippen LogP) is 3.21. The molecule has 0 bridgehead atoms. The van der Waals surface area contributed by atoms with E-state index in [1.165, 1.54) is 5.56 Å². The number of carbonyl (C=O) groups is 1. The van der Waals surface area contributed by atoms with Gasteiger partial charge in [0, 0.05) is 43.8 Å². The lowest BCUT2D eigenvalue weighted by molar-refractivity contribution is -0.147. The fourth-order valence-corrected chi connectivity index (χ4v) is 5.24. The monoisotopic (exact) mass is 429 g/mol. The Morgan fingerprint density at radius 2 is 1.91 bits per heavy atom. The van der Waals surface area contributed by atoms with Gasteiger partial charge in [-0.1, -0.05) is 30.3 Å². The molecule has 2 aromatic heterocycles. The Bertz CT molecular complexity index is 1120. The Hall–Kier alpha value is -3.06. The molecule has 7 nitrogen and oxygen atoms in total. The highest BCUT2D eigenvalue weighted by Gasteiger charge is 2.53. The number of ether oxygens (including phenoxy) is 1. The molecule has 0 N–H and O–H groups in total. The maximum absolute atomic E-state index is 13.4. The van der Waals surface area contributed by atoms with Gasteiger partial charge in [0.25, 0.3) is 0 Å². The van der Waals surface area contributed by atoms with Crippen molar-refractivity contribution in [3.05, 3.63) is 66.5 Å². The summed E-state index contributed by atoms with van der Waals surface area (Å²) in [5.41, 5.74) is 2.54. The average Bonchev–Trinajstić information content (AvgIpc) is 3.44. The zero-order valence-electron chi connectivity index (χ0n) is 18.1. The summed E-state index contributed by atoms with van der Waals surface area (Å²) in [5, 5.41) is 0. The molecule has 32 heavy (non-hydrogen) atoms. The molecule has 1 saturated heterocycles. The Morgan fingerprint density at radius 1 is 1.09 bits per heavy atom. The highest BCUT2D eigenvalue weighted by atomic mass is 16.5. The summed E-state index contributed by atoms with van der Waals surface area (Å²) in [6.45, 7) is 2.81. The van der Waals surface area contributed by atoms with Gasteiger partial charge in [-0.2, -0.15) is 0 Å². The first kappa shape index (κ1) is 19.6. The summed E-state index contributed by atoms with van der Waals surface area (Å²) < 4.78 is 8.42. The van der Waals surface area contributed by atoms with Crippen molar-refractivity contribution in [1.82, 2.24) is 24.4 Å². The highest BCUT2D eigenvalue weighted by Crippen LogP contribution is 2.50. The number of piperidine rings is 1. The molecule has 1 spiro atoms. The van der Waals surface area contributed by atoms with Crippen LogP contribution in [0.4, 0.5) is 0 Å². The van der Waals surface area contributed by atoms with Gasteiger partial charge in [-0.15, -0.1) is 0 Å². The molecular weight excluding hydrogens is 402 g/mol. The molecule has 1 aliphatic carbocycles. The number of rotatable bonds is 4. The third-order valence-electron chi connectivity index (χ3n) is 7.29. The normalized spacial score (nSPS) is 20.7. The summed E-state index contributed by atoms with van der Waals surface area (Å²) in [7, 11) is 0. The summed E-state index contributed by atoms with van der Waals surface area (Å²) in [4.78, 5) is 29.2. The second-order valence-corrected chi connectivity index (χ2v) is 9.33. The lowest BCUT2D eigenvalue weighted by Crippen LogP contribution is -2.51. The Balaban J connectivity index is 1.22. The van der Waals surface area contributed by atoms with Crippen molar-refractivity contribution < 1.29 is 9.53 Å². The summed E-state index contributed by atoms with van der Waals surface area (Å²) in [5.74, 6) is 1.02. The Kier molecular flexibility index (Phi) is 4.61. The van der Waals surface area contributed by atoms with Crippen LogP contribution in [0.15, 0.2) is 55.2 Å². The molecule has 0 atom stereocenters. The molecule has 2 fully saturated rings. The van der Waals surface area contributed by atoms with Crippen LogP contribution in [0, 0.1) is 5.41 Å². The van der Waals surface area contributed by atoms with Crippen LogP contribution < -0.4 is 0 Å². The molecule has 2 aliphatic heterocycles. The van der Waals surface area contributed by atoms with E-state index in [0.717, 1.165) is 55.7 Å². The second kappa shape index (κ2) is 7.52. The zero-order valence-corrected chi connectivity index (χ0v) is 18.1. The van der Waals surface area contributed by atoms with Crippen LogP contribution in [0.3, 0.4) is 0 Å². The lowest BCUT2D eigenvalue weighted by atomic mass is 9.82. The van der Waals surface area contributed by atoms with E-state index in [-0.39, 0.29) is 11.3 Å². The number of amides is 1. The van der Waals surface area contributed by atoms with E-state index < -0.39 is 5.60 Å². The van der Waals surface area contributed by atoms with Crippen molar-refractivity contribution in [3.8, 4) is 11.4 Å². The van der Waals surface area contributed by atoms with Crippen molar-refractivity contribution in [2.75, 3.05) is 19.7 Å². The Labute approximate surface area is 187 Å². The summed E-state index contributed by atoms with van der Waals surface area (Å²) in [6, 6.07) is 10.1. The summed E-state index contributed by atoms with van der Waals surface area (Å²) in [6.07, 6.45) is 11.8. The van der Waals surface area contributed by atoms with E-state index in [1.54, 1.807) is 12.5 Å². The van der Waals surface area contributed by atoms with Crippen LogP contribution in [0.5, 0.6) is 0 Å². The van der Waals surface area contributed by atoms with E-state index in [1.807, 2.05) is 52.2 Å². The Morgan fingerprint density at radius 3 is 2.62 bits per heavy atom. The van der Waals surface area contributed by atoms with Gasteiger partial charge in [-0.25, -0.2) is 15.0 Å². The van der Waals surface area contributed by atoms with Crippen molar-refractivity contribution in [2.45, 2.75) is 44.2 Å². The number of nitrogens with zero attached hydrogens (tertiary/aromatic N) is 5. The van der Waals surface area contributed by atoms with Gasteiger partial charge in [0.1, 0.15) is 5.60 Å². The third kappa shape index (κ3) is 3.32. The average molecular weight is 430 g/mol. The maximum Gasteiger partial charge on any atom is 0.230 e. The molecule has 7 heteroatoms. The number of hydrogen-bond acceptors (Lipinski definition) is 5. The molecule has 0 radical (unpaired) electrons. The lowest BCUT2D eigenvalue weighted by Gasteiger charge is -2.44. The van der Waals surface area contributed by atoms with Gasteiger partial charge < -0.3 is 14.2 Å². The third-order valence-corrected chi connectivity index (χ3v) is 7.29. The first-order valence-corrected chi connectivity index (χ1v) is 11.5. The molecule has 0 unspecified atom stereocenters. The number of imidazole rings is 1. The quantitative estimate of drug-likeness (QED) is 0.637. The molecule has 164 valence electrons. The fourth-order valence-electron chi connectivity index (χ4n) is 5.24. The molecular formula is C25H27N5O2. The molecule has 4 heterocycles. The van der Waals surface area contributed by atoms with Crippen LogP contribution in [-0.4, -0.2) is 50.0 Å². The largest absolute Gasteiger partial charge is 0.368 e. The minimum atomic E-state index is -0.419. The SMILES string of the molecule is O=C(N1CCC2(CC1)OCCc1cnc(-c3ccccc3)nc12)C1(Cn2ccnc2)CC1. The topological polar surface area (TPSA) is 73.1 Å². The van der Waals surface area contributed by atoms with Crippen LogP contribution >= 0.6 is 0 Å². The van der Waals surface area contributed by atoms with E-state index in [0.29, 0.717) is 19.7 Å². The molecule has 1 aromatic carbocycles. The first-order valence-electron chi connectivity index (χ1n) is 11.5. The van der Waals surface area contributed by atoms with Crippen molar-refractivity contribution in [1.29, 1.82) is 0 Å². The van der Waals surface area contributed by atoms with E-state index in [9.17, 15) is 4.79 Å². The zero-order chi connectivity index (χ0) is 21.6. The highest BCUT2D eigenvalue weighted by molar-refractivity contribution is 5.85. The summed E-state index contributed by atoms with van der Waals surface area (Å²) >= 11 is 0. The van der Waals surface area contributed by atoms with E-state index in [4.69, 9.17) is 9.72 Å². The van der Waals surface area contributed by atoms with Gasteiger partial charge >= 0.3 is 0 Å². The van der Waals surface area contributed by atoms with Gasteiger partial charge in [-0.3, -0.25) is 4.79 Å². The number of hydrogen-bond donors (Lipinski definition) is 0. The van der Waals surface area contributed by atoms with Crippen molar-refractivity contribution in [2.24, 2.45) is 5.41 Å². The number of fused-ring (bicyclic) bond motifs is 2. The minimum Gasteiger partial charge on any atom is -0.368 e. The smallest absolute Gasteiger partial charge is 0.230 e. The van der Waals surface area contributed by atoms with Gasteiger partial charge in [0.2, 0.25) is 5.91 Å². The number of likely N-dealkylation sites (tertiary alicyclic amines) is 1. The van der Waals surface area contributed by atoms with Crippen molar-refractivity contribution in [3.63, 3.8) is 0 Å². The number of carbonyl (C=O) groups excluding carboxylic acids is 1. The van der Waals surface area contributed by atoms with Gasteiger partial charge in [-0.05, 0) is 37.7 Å². The van der Waals surface area contributed by atoms with Crippen LogP contribution in [0.1, 0.15) is 36.9 Å².